The number of para-hydroxylation sites is 1. The maximum Gasteiger partial charge on any atom is 0.260 e. The number of hydrogen-bond acceptors (Lipinski definition) is 5. The predicted molar refractivity (Wildman–Crippen MR) is 122 cm³/mol. The van der Waals surface area contributed by atoms with Gasteiger partial charge in [-0.05, 0) is 24.6 Å². The molecule has 29 heavy (non-hydrogen) atoms. The Morgan fingerprint density at radius 3 is 2.55 bits per heavy atom. The summed E-state index contributed by atoms with van der Waals surface area (Å²) in [6.07, 6.45) is 0. The Hall–Kier alpha value is -2.90. The first kappa shape index (κ1) is 19.4. The zero-order chi connectivity index (χ0) is 20.2. The summed E-state index contributed by atoms with van der Waals surface area (Å²) in [7, 11) is 0. The van der Waals surface area contributed by atoms with Gasteiger partial charge in [0.2, 0.25) is 5.91 Å². The molecule has 2 aromatic heterocycles. The Balaban J connectivity index is 1.48. The molecule has 0 spiro atoms. The number of fused-ring (bicyclic) bond motifs is 1. The molecule has 5 nitrogen and oxygen atoms in total. The molecule has 0 aliphatic rings. The molecule has 0 saturated carbocycles. The van der Waals surface area contributed by atoms with Crippen LogP contribution >= 0.6 is 23.1 Å². The number of thioether (sulfide) groups is 1. The van der Waals surface area contributed by atoms with Gasteiger partial charge in [-0.3, -0.25) is 9.59 Å². The van der Waals surface area contributed by atoms with Crippen molar-refractivity contribution in [2.75, 3.05) is 5.32 Å². The van der Waals surface area contributed by atoms with E-state index in [0.29, 0.717) is 21.8 Å². The minimum Gasteiger partial charge on any atom is -0.325 e. The molecular weight excluding hydrogens is 402 g/mol. The van der Waals surface area contributed by atoms with E-state index in [1.807, 2.05) is 73.0 Å². The fraction of sp³-hybridized carbons (Fsp3) is 0.136. The average molecular weight is 422 g/mol. The molecular formula is C22H19N3O2S2. The van der Waals surface area contributed by atoms with Gasteiger partial charge >= 0.3 is 0 Å². The molecule has 4 rings (SSSR count). The van der Waals surface area contributed by atoms with E-state index in [2.05, 4.69) is 15.3 Å². The first-order chi connectivity index (χ1) is 14.1. The highest BCUT2D eigenvalue weighted by Gasteiger charge is 2.16. The second-order valence-corrected chi connectivity index (χ2v) is 8.70. The number of benzene rings is 2. The number of nitrogens with one attached hydrogen (secondary N) is 2. The molecule has 0 aliphatic heterocycles. The zero-order valence-electron chi connectivity index (χ0n) is 15.7. The van der Waals surface area contributed by atoms with Gasteiger partial charge in [0, 0.05) is 16.6 Å². The number of aromatic nitrogens is 2. The van der Waals surface area contributed by atoms with Crippen LogP contribution in [-0.4, -0.2) is 21.1 Å². The van der Waals surface area contributed by atoms with Crippen molar-refractivity contribution in [2.45, 2.75) is 17.9 Å². The number of carbonyl (C=O) groups is 1. The predicted octanol–water partition coefficient (Wildman–Crippen LogP) is 4.91. The van der Waals surface area contributed by atoms with Gasteiger partial charge in [-0.25, -0.2) is 4.98 Å². The summed E-state index contributed by atoms with van der Waals surface area (Å²) in [6.45, 7) is 1.85. The largest absolute Gasteiger partial charge is 0.325 e. The highest BCUT2D eigenvalue weighted by Crippen LogP contribution is 2.30. The molecule has 146 valence electrons. The summed E-state index contributed by atoms with van der Waals surface area (Å²) in [4.78, 5) is 33.2. The Labute approximate surface area is 176 Å². The smallest absolute Gasteiger partial charge is 0.260 e. The van der Waals surface area contributed by atoms with Gasteiger partial charge in [0.15, 0.2) is 0 Å². The van der Waals surface area contributed by atoms with Gasteiger partial charge in [0.05, 0.1) is 16.4 Å². The lowest BCUT2D eigenvalue weighted by Crippen LogP contribution is -2.23. The van der Waals surface area contributed by atoms with Gasteiger partial charge < -0.3 is 10.3 Å². The van der Waals surface area contributed by atoms with E-state index in [9.17, 15) is 9.59 Å². The van der Waals surface area contributed by atoms with Crippen molar-refractivity contribution in [3.8, 4) is 11.1 Å². The average Bonchev–Trinajstić information content (AvgIpc) is 3.18. The molecule has 0 aliphatic carbocycles. The Bertz CT molecular complexity index is 1190. The number of rotatable bonds is 6. The molecule has 7 heteroatoms. The van der Waals surface area contributed by atoms with Crippen molar-refractivity contribution >= 4 is 44.9 Å². The monoisotopic (exact) mass is 421 g/mol. The van der Waals surface area contributed by atoms with Crippen LogP contribution < -0.4 is 10.9 Å². The molecule has 0 saturated heterocycles. The number of carbonyl (C=O) groups excluding carboxylic acids is 1. The van der Waals surface area contributed by atoms with E-state index in [1.54, 1.807) is 0 Å². The van der Waals surface area contributed by atoms with Crippen LogP contribution in [0.15, 0.2) is 70.8 Å². The fourth-order valence-corrected chi connectivity index (χ4v) is 4.66. The van der Waals surface area contributed by atoms with Crippen LogP contribution in [0.1, 0.15) is 12.7 Å². The summed E-state index contributed by atoms with van der Waals surface area (Å²) in [5.41, 5.74) is 2.52. The fourth-order valence-electron chi connectivity index (χ4n) is 2.94. The molecule has 1 unspecified atom stereocenters. The molecule has 0 bridgehead atoms. The van der Waals surface area contributed by atoms with Crippen molar-refractivity contribution in [3.63, 3.8) is 0 Å². The van der Waals surface area contributed by atoms with Crippen molar-refractivity contribution in [1.82, 2.24) is 9.97 Å². The van der Waals surface area contributed by atoms with Crippen LogP contribution in [0.3, 0.4) is 0 Å². The number of anilines is 1. The maximum atomic E-state index is 12.7. The molecule has 2 N–H and O–H groups in total. The molecule has 1 atom stereocenters. The van der Waals surface area contributed by atoms with Crippen LogP contribution in [0.25, 0.3) is 21.3 Å². The first-order valence-electron chi connectivity index (χ1n) is 9.15. The molecule has 2 aromatic carbocycles. The van der Waals surface area contributed by atoms with Gasteiger partial charge in [-0.2, -0.15) is 0 Å². The van der Waals surface area contributed by atoms with E-state index in [-0.39, 0.29) is 16.7 Å². The SMILES string of the molecule is CC(SCc1nc2scc(-c3ccccc3)c2c(=O)[nH]1)C(=O)Nc1ccccc1. The summed E-state index contributed by atoms with van der Waals surface area (Å²) < 4.78 is 0. The van der Waals surface area contributed by atoms with Crippen molar-refractivity contribution in [1.29, 1.82) is 0 Å². The standard InChI is InChI=1S/C22H19N3O2S2/c1-14(20(26)23-16-10-6-3-7-11-16)28-13-18-24-21(27)19-17(12-29-22(19)25-18)15-8-4-2-5-9-15/h2-12,14H,13H2,1H3,(H,23,26)(H,24,25,27). The Morgan fingerprint density at radius 1 is 1.14 bits per heavy atom. The van der Waals surface area contributed by atoms with Crippen LogP contribution in [0.5, 0.6) is 0 Å². The lowest BCUT2D eigenvalue weighted by atomic mass is 10.1. The third-order valence-corrected chi connectivity index (χ3v) is 6.48. The van der Waals surface area contributed by atoms with Gasteiger partial charge in [0.1, 0.15) is 10.7 Å². The number of amides is 1. The van der Waals surface area contributed by atoms with Crippen molar-refractivity contribution in [3.05, 3.63) is 82.2 Å². The van der Waals surface area contributed by atoms with Gasteiger partial charge in [-0.1, -0.05) is 48.5 Å². The maximum absolute atomic E-state index is 12.7. The number of aromatic amines is 1. The zero-order valence-corrected chi connectivity index (χ0v) is 17.3. The summed E-state index contributed by atoms with van der Waals surface area (Å²) >= 11 is 2.90. The van der Waals surface area contributed by atoms with Crippen LogP contribution in [0.4, 0.5) is 5.69 Å². The Kier molecular flexibility index (Phi) is 5.78. The summed E-state index contributed by atoms with van der Waals surface area (Å²) in [5, 5.41) is 5.20. The minimum atomic E-state index is -0.278. The van der Waals surface area contributed by atoms with E-state index in [4.69, 9.17) is 0 Å². The molecule has 0 fully saturated rings. The lowest BCUT2D eigenvalue weighted by Gasteiger charge is -2.11. The highest BCUT2D eigenvalue weighted by molar-refractivity contribution is 7.99. The quantitative estimate of drug-likeness (QED) is 0.464. The highest BCUT2D eigenvalue weighted by atomic mass is 32.2. The molecule has 1 amide bonds. The van der Waals surface area contributed by atoms with Crippen molar-refractivity contribution in [2.24, 2.45) is 0 Å². The normalized spacial score (nSPS) is 12.0. The van der Waals surface area contributed by atoms with E-state index in [1.165, 1.54) is 23.1 Å². The number of hydrogen-bond donors (Lipinski definition) is 2. The van der Waals surface area contributed by atoms with Crippen LogP contribution in [0.2, 0.25) is 0 Å². The summed E-state index contributed by atoms with van der Waals surface area (Å²) in [6, 6.07) is 19.2. The lowest BCUT2D eigenvalue weighted by molar-refractivity contribution is -0.115. The minimum absolute atomic E-state index is 0.0767. The number of thiophene rings is 1. The van der Waals surface area contributed by atoms with Crippen LogP contribution in [0, 0.1) is 0 Å². The Morgan fingerprint density at radius 2 is 1.83 bits per heavy atom. The van der Waals surface area contributed by atoms with Gasteiger partial charge in [0.25, 0.3) is 5.56 Å². The van der Waals surface area contributed by atoms with E-state index in [0.717, 1.165) is 16.8 Å². The van der Waals surface area contributed by atoms with Crippen LogP contribution in [-0.2, 0) is 10.5 Å². The van der Waals surface area contributed by atoms with E-state index < -0.39 is 0 Å². The third-order valence-electron chi connectivity index (χ3n) is 4.46. The third kappa shape index (κ3) is 4.41. The second kappa shape index (κ2) is 8.63. The number of H-pyrrole nitrogens is 1. The summed E-state index contributed by atoms with van der Waals surface area (Å²) in [5.74, 6) is 0.952. The second-order valence-electron chi connectivity index (χ2n) is 6.52. The van der Waals surface area contributed by atoms with E-state index >= 15 is 0 Å². The van der Waals surface area contributed by atoms with Crippen molar-refractivity contribution < 1.29 is 4.79 Å². The number of nitrogens with zero attached hydrogens (tertiary/aromatic N) is 1. The molecule has 2 heterocycles. The molecule has 0 radical (unpaired) electrons. The topological polar surface area (TPSA) is 74.8 Å². The van der Waals surface area contributed by atoms with Gasteiger partial charge in [-0.15, -0.1) is 23.1 Å². The molecule has 4 aromatic rings. The first-order valence-corrected chi connectivity index (χ1v) is 11.1.